The molecule has 3 N–H and O–H groups in total. The molecule has 0 fully saturated rings. The quantitative estimate of drug-likeness (QED) is 0.593. The van der Waals surface area contributed by atoms with Crippen LogP contribution in [0.5, 0.6) is 0 Å². The van der Waals surface area contributed by atoms with Crippen LogP contribution in [0.3, 0.4) is 0 Å². The SMILES string of the molecule is CC(C)(C)OC(=O)NS(=O)(=O)NCCCCO. The molecule has 0 aromatic rings. The Morgan fingerprint density at radius 1 is 1.29 bits per heavy atom. The zero-order valence-electron chi connectivity index (χ0n) is 10.3. The highest BCUT2D eigenvalue weighted by atomic mass is 32.2. The van der Waals surface area contributed by atoms with Gasteiger partial charge >= 0.3 is 16.3 Å². The molecule has 0 aromatic heterocycles. The van der Waals surface area contributed by atoms with Crippen LogP contribution in [0.2, 0.25) is 0 Å². The van der Waals surface area contributed by atoms with Gasteiger partial charge in [0.1, 0.15) is 5.60 Å². The smallest absolute Gasteiger partial charge is 0.422 e. The molecule has 0 aromatic carbocycles. The van der Waals surface area contributed by atoms with Crippen molar-refractivity contribution in [1.82, 2.24) is 9.44 Å². The van der Waals surface area contributed by atoms with Gasteiger partial charge in [0.05, 0.1) is 0 Å². The maximum absolute atomic E-state index is 11.3. The van der Waals surface area contributed by atoms with Gasteiger partial charge in [0.15, 0.2) is 0 Å². The minimum absolute atomic E-state index is 0.00121. The summed E-state index contributed by atoms with van der Waals surface area (Å²) in [5.74, 6) is 0. The molecule has 0 spiro atoms. The van der Waals surface area contributed by atoms with Crippen LogP contribution in [-0.4, -0.2) is 38.4 Å². The molecular formula is C9H20N2O5S. The largest absolute Gasteiger partial charge is 0.443 e. The van der Waals surface area contributed by atoms with Crippen molar-refractivity contribution in [2.75, 3.05) is 13.2 Å². The average Bonchev–Trinajstić information content (AvgIpc) is 2.08. The summed E-state index contributed by atoms with van der Waals surface area (Å²) in [4.78, 5) is 11.2. The van der Waals surface area contributed by atoms with Crippen molar-refractivity contribution in [3.05, 3.63) is 0 Å². The molecule has 1 amide bonds. The van der Waals surface area contributed by atoms with Crippen LogP contribution in [0.4, 0.5) is 4.79 Å². The first-order valence-electron chi connectivity index (χ1n) is 5.27. The maximum Gasteiger partial charge on any atom is 0.422 e. The van der Waals surface area contributed by atoms with E-state index in [9.17, 15) is 13.2 Å². The fraction of sp³-hybridized carbons (Fsp3) is 0.889. The highest BCUT2D eigenvalue weighted by Gasteiger charge is 2.20. The molecule has 0 heterocycles. The second-order valence-corrected chi connectivity index (χ2v) is 5.93. The predicted molar refractivity (Wildman–Crippen MR) is 62.6 cm³/mol. The highest BCUT2D eigenvalue weighted by Crippen LogP contribution is 2.06. The first kappa shape index (κ1) is 16.1. The van der Waals surface area contributed by atoms with Crippen molar-refractivity contribution < 1.29 is 23.1 Å². The Bertz CT molecular complexity index is 334. The van der Waals surface area contributed by atoms with E-state index in [1.54, 1.807) is 25.5 Å². The number of hydrogen-bond donors (Lipinski definition) is 3. The summed E-state index contributed by atoms with van der Waals surface area (Å²) in [6.07, 6.45) is -0.0344. The normalized spacial score (nSPS) is 12.2. The summed E-state index contributed by atoms with van der Waals surface area (Å²) in [5, 5.41) is 8.50. The summed E-state index contributed by atoms with van der Waals surface area (Å²) < 4.78 is 31.3. The molecule has 0 bridgehead atoms. The van der Waals surface area contributed by atoms with Gasteiger partial charge in [0.2, 0.25) is 0 Å². The number of aliphatic hydroxyl groups excluding tert-OH is 1. The van der Waals surface area contributed by atoms with E-state index >= 15 is 0 Å². The van der Waals surface area contributed by atoms with Crippen LogP contribution in [0.15, 0.2) is 0 Å². The van der Waals surface area contributed by atoms with Gasteiger partial charge in [-0.1, -0.05) is 0 Å². The molecule has 17 heavy (non-hydrogen) atoms. The average molecular weight is 268 g/mol. The van der Waals surface area contributed by atoms with Gasteiger partial charge < -0.3 is 9.84 Å². The summed E-state index contributed by atoms with van der Waals surface area (Å²) in [7, 11) is -3.89. The number of amides is 1. The third-order valence-corrected chi connectivity index (χ3v) is 2.51. The van der Waals surface area contributed by atoms with E-state index in [1.165, 1.54) is 0 Å². The van der Waals surface area contributed by atoms with Crippen LogP contribution < -0.4 is 9.44 Å². The van der Waals surface area contributed by atoms with E-state index in [4.69, 9.17) is 9.84 Å². The van der Waals surface area contributed by atoms with E-state index in [1.807, 2.05) is 0 Å². The van der Waals surface area contributed by atoms with Crippen molar-refractivity contribution in [3.63, 3.8) is 0 Å². The molecule has 7 nitrogen and oxygen atoms in total. The fourth-order valence-corrected chi connectivity index (χ4v) is 1.63. The number of aliphatic hydroxyl groups is 1. The zero-order valence-corrected chi connectivity index (χ0v) is 11.1. The van der Waals surface area contributed by atoms with E-state index in [-0.39, 0.29) is 13.2 Å². The predicted octanol–water partition coefficient (Wildman–Crippen LogP) is 0.118. The Balaban J connectivity index is 4.04. The van der Waals surface area contributed by atoms with E-state index < -0.39 is 21.9 Å². The second kappa shape index (κ2) is 6.77. The van der Waals surface area contributed by atoms with E-state index in [0.717, 1.165) is 0 Å². The standard InChI is InChI=1S/C9H20N2O5S/c1-9(2,3)16-8(13)11-17(14,15)10-6-4-5-7-12/h10,12H,4-7H2,1-3H3,(H,11,13). The summed E-state index contributed by atoms with van der Waals surface area (Å²) >= 11 is 0. The van der Waals surface area contributed by atoms with Crippen molar-refractivity contribution in [3.8, 4) is 0 Å². The Morgan fingerprint density at radius 2 is 1.88 bits per heavy atom. The van der Waals surface area contributed by atoms with Gasteiger partial charge in [-0.3, -0.25) is 0 Å². The molecule has 0 aliphatic heterocycles. The van der Waals surface area contributed by atoms with Gasteiger partial charge in [0, 0.05) is 13.2 Å². The van der Waals surface area contributed by atoms with Crippen LogP contribution in [0.1, 0.15) is 33.6 Å². The molecule has 0 atom stereocenters. The number of rotatable bonds is 6. The van der Waals surface area contributed by atoms with Gasteiger partial charge in [0.25, 0.3) is 0 Å². The highest BCUT2D eigenvalue weighted by molar-refractivity contribution is 7.88. The van der Waals surface area contributed by atoms with Crippen molar-refractivity contribution in [1.29, 1.82) is 0 Å². The Hall–Kier alpha value is -0.860. The summed E-state index contributed by atoms with van der Waals surface area (Å²) in [5.41, 5.74) is -0.753. The van der Waals surface area contributed by atoms with Crippen molar-refractivity contribution in [2.24, 2.45) is 0 Å². The first-order chi connectivity index (χ1) is 7.66. The van der Waals surface area contributed by atoms with Crippen LogP contribution in [-0.2, 0) is 14.9 Å². The molecular weight excluding hydrogens is 248 g/mol. The van der Waals surface area contributed by atoms with Gasteiger partial charge in [-0.15, -0.1) is 0 Å². The zero-order chi connectivity index (χ0) is 13.5. The van der Waals surface area contributed by atoms with Crippen molar-refractivity contribution in [2.45, 2.75) is 39.2 Å². The molecule has 0 aliphatic carbocycles. The summed E-state index contributed by atoms with van der Waals surface area (Å²) in [6.45, 7) is 5.05. The third-order valence-electron chi connectivity index (χ3n) is 1.49. The van der Waals surface area contributed by atoms with Crippen LogP contribution in [0, 0.1) is 0 Å². The lowest BCUT2D eigenvalue weighted by Crippen LogP contribution is -2.43. The third kappa shape index (κ3) is 10.0. The Labute approximate surface area is 102 Å². The number of nitrogens with one attached hydrogen (secondary N) is 2. The lowest BCUT2D eigenvalue weighted by Gasteiger charge is -2.19. The number of carbonyl (C=O) groups excluding carboxylic acids is 1. The Morgan fingerprint density at radius 3 is 2.35 bits per heavy atom. The molecule has 0 aliphatic rings. The van der Waals surface area contributed by atoms with E-state index in [2.05, 4.69) is 4.72 Å². The number of ether oxygens (including phenoxy) is 1. The molecule has 0 radical (unpaired) electrons. The molecule has 0 rings (SSSR count). The lowest BCUT2D eigenvalue weighted by atomic mass is 10.2. The number of unbranched alkanes of at least 4 members (excludes halogenated alkanes) is 1. The van der Waals surface area contributed by atoms with Gasteiger partial charge in [-0.25, -0.2) is 9.52 Å². The molecule has 102 valence electrons. The fourth-order valence-electron chi connectivity index (χ4n) is 0.888. The van der Waals surface area contributed by atoms with E-state index in [0.29, 0.717) is 12.8 Å². The number of carbonyl (C=O) groups is 1. The monoisotopic (exact) mass is 268 g/mol. The molecule has 8 heteroatoms. The topological polar surface area (TPSA) is 105 Å². The van der Waals surface area contributed by atoms with Gasteiger partial charge in [-0.05, 0) is 33.6 Å². The van der Waals surface area contributed by atoms with Crippen LogP contribution in [0.25, 0.3) is 0 Å². The first-order valence-corrected chi connectivity index (χ1v) is 6.76. The van der Waals surface area contributed by atoms with Crippen LogP contribution >= 0.6 is 0 Å². The minimum atomic E-state index is -3.89. The lowest BCUT2D eigenvalue weighted by molar-refractivity contribution is 0.0569. The second-order valence-electron chi connectivity index (χ2n) is 4.43. The molecule has 0 unspecified atom stereocenters. The summed E-state index contributed by atoms with van der Waals surface area (Å²) in [6, 6.07) is 0. The molecule has 0 saturated carbocycles. The Kier molecular flexibility index (Phi) is 6.43. The van der Waals surface area contributed by atoms with Gasteiger partial charge in [-0.2, -0.15) is 13.1 Å². The van der Waals surface area contributed by atoms with Crippen molar-refractivity contribution >= 4 is 16.3 Å². The maximum atomic E-state index is 11.3. The number of hydrogen-bond acceptors (Lipinski definition) is 5. The molecule has 0 saturated heterocycles. The minimum Gasteiger partial charge on any atom is -0.443 e.